The van der Waals surface area contributed by atoms with Crippen molar-refractivity contribution in [3.63, 3.8) is 0 Å². The quantitative estimate of drug-likeness (QED) is 0.0562. The van der Waals surface area contributed by atoms with E-state index in [-0.39, 0.29) is 37.7 Å². The van der Waals surface area contributed by atoms with Gasteiger partial charge in [-0.3, -0.25) is 14.7 Å². The summed E-state index contributed by atoms with van der Waals surface area (Å²) in [5.74, 6) is 0.252. The molecule has 63 heavy (non-hydrogen) atoms. The van der Waals surface area contributed by atoms with Gasteiger partial charge in [-0.25, -0.2) is 0 Å². The molecule has 17 heteroatoms. The topological polar surface area (TPSA) is 277 Å². The molecular weight excluding hydrogens is 815 g/mol. The van der Waals surface area contributed by atoms with Gasteiger partial charge in [-0.15, -0.1) is 0 Å². The fourth-order valence-corrected chi connectivity index (χ4v) is 8.14. The zero-order chi connectivity index (χ0) is 46.1. The summed E-state index contributed by atoms with van der Waals surface area (Å²) in [6, 6.07) is 18.0. The van der Waals surface area contributed by atoms with E-state index in [4.69, 9.17) is 10.2 Å². The second-order valence-electron chi connectivity index (χ2n) is 17.1. The van der Waals surface area contributed by atoms with Crippen molar-refractivity contribution in [3.8, 4) is 11.5 Å². The number of aliphatic hydroxyl groups is 10. The average Bonchev–Trinajstić information content (AvgIpc) is 3.26. The van der Waals surface area contributed by atoms with Crippen molar-refractivity contribution in [1.82, 2.24) is 25.3 Å². The van der Waals surface area contributed by atoms with E-state index in [1.807, 2.05) is 56.3 Å². The van der Waals surface area contributed by atoms with Gasteiger partial charge in [-0.1, -0.05) is 65.7 Å². The molecule has 3 aromatic rings. The lowest BCUT2D eigenvalue weighted by atomic mass is 10.0. The molecule has 8 unspecified atom stereocenters. The van der Waals surface area contributed by atoms with Crippen LogP contribution < -0.4 is 10.6 Å². The molecule has 354 valence electrons. The van der Waals surface area contributed by atoms with E-state index >= 15 is 0 Å². The molecule has 4 rings (SSSR count). The number of nitrogens with one attached hydrogen (secondary N) is 2. The van der Waals surface area contributed by atoms with Gasteiger partial charge in [0.2, 0.25) is 0 Å². The molecule has 1 heterocycles. The van der Waals surface area contributed by atoms with Crippen molar-refractivity contribution in [2.24, 2.45) is 0 Å². The minimum absolute atomic E-state index is 0.126. The molecule has 0 spiro atoms. The fraction of sp³-hybridized carbons (Fsp3) is 0.609. The summed E-state index contributed by atoms with van der Waals surface area (Å²) >= 11 is 0. The second-order valence-corrected chi connectivity index (χ2v) is 17.1. The number of hydrogen-bond acceptors (Lipinski definition) is 17. The Morgan fingerprint density at radius 1 is 0.476 bits per heavy atom. The lowest BCUT2D eigenvalue weighted by Crippen LogP contribution is -2.48. The molecule has 8 atom stereocenters. The van der Waals surface area contributed by atoms with E-state index in [0.29, 0.717) is 24.2 Å². The van der Waals surface area contributed by atoms with Gasteiger partial charge in [0.25, 0.3) is 0 Å². The van der Waals surface area contributed by atoms with E-state index in [2.05, 4.69) is 37.5 Å². The Labute approximate surface area is 371 Å². The number of nitrogens with zero attached hydrogens (tertiary/aromatic N) is 3. The standard InChI is InChI=1S/C46H73N5O12/c1-30-17-33(21-47-23-37(54)43(60)45(62)39(56)28-52)41(58)35(19-30)26-50-13-6-11-49(25-32-9-4-3-5-10-32)12-7-14-51(16-8-15-50)27-36-20-31(2)18-34(42(36)59)22-48-24-38(55)44(61)46(63)40(57)29-53/h3-5,9-10,17-20,37-40,43-48,52-63H,6-8,11-16,21-29H2,1-2H3. The number of phenolic OH excluding ortho intramolecular Hbond substituents is 2. The van der Waals surface area contributed by atoms with Gasteiger partial charge in [0, 0.05) is 68.1 Å². The molecule has 0 aromatic heterocycles. The number of rotatable bonds is 22. The highest BCUT2D eigenvalue weighted by Crippen LogP contribution is 2.28. The maximum absolute atomic E-state index is 11.5. The van der Waals surface area contributed by atoms with Gasteiger partial charge in [0.05, 0.1) is 25.4 Å². The first kappa shape index (κ1) is 52.3. The fourth-order valence-electron chi connectivity index (χ4n) is 8.14. The maximum atomic E-state index is 11.5. The predicted molar refractivity (Wildman–Crippen MR) is 237 cm³/mol. The summed E-state index contributed by atoms with van der Waals surface area (Å²) in [5.41, 5.74) is 5.84. The van der Waals surface area contributed by atoms with Crippen LogP contribution in [-0.4, -0.2) is 190 Å². The minimum Gasteiger partial charge on any atom is -0.507 e. The van der Waals surface area contributed by atoms with Gasteiger partial charge >= 0.3 is 0 Å². The van der Waals surface area contributed by atoms with Crippen LogP contribution in [0.3, 0.4) is 0 Å². The smallest absolute Gasteiger partial charge is 0.124 e. The van der Waals surface area contributed by atoms with Crippen molar-refractivity contribution in [3.05, 3.63) is 93.5 Å². The minimum atomic E-state index is -1.73. The van der Waals surface area contributed by atoms with Crippen LogP contribution >= 0.6 is 0 Å². The largest absolute Gasteiger partial charge is 0.507 e. The Morgan fingerprint density at radius 3 is 1.17 bits per heavy atom. The number of aromatic hydroxyl groups is 2. The first-order valence-electron chi connectivity index (χ1n) is 22.0. The summed E-state index contributed by atoms with van der Waals surface area (Å²) in [6.45, 7) is 9.04. The molecule has 3 aromatic carbocycles. The van der Waals surface area contributed by atoms with E-state index in [9.17, 15) is 51.1 Å². The van der Waals surface area contributed by atoms with Crippen LogP contribution in [0.1, 0.15) is 58.2 Å². The van der Waals surface area contributed by atoms with Crippen LogP contribution in [0.4, 0.5) is 0 Å². The second kappa shape index (κ2) is 26.6. The third kappa shape index (κ3) is 16.6. The van der Waals surface area contributed by atoms with Crippen molar-refractivity contribution in [1.29, 1.82) is 0 Å². The van der Waals surface area contributed by atoms with Crippen LogP contribution in [0.2, 0.25) is 0 Å². The normalized spacial score (nSPS) is 19.3. The summed E-state index contributed by atoms with van der Waals surface area (Å²) < 4.78 is 0. The lowest BCUT2D eigenvalue weighted by Gasteiger charge is -2.31. The van der Waals surface area contributed by atoms with Crippen molar-refractivity contribution < 1.29 is 61.3 Å². The molecule has 0 aliphatic carbocycles. The molecule has 17 nitrogen and oxygen atoms in total. The van der Waals surface area contributed by atoms with E-state index in [1.165, 1.54) is 5.56 Å². The SMILES string of the molecule is Cc1cc(CNCC(O)C(O)C(O)C(O)CO)c(O)c(CN2CCCN(Cc3ccccc3)CCCN(Cc3cc(C)cc(CNCC(O)C(O)C(O)C(O)CO)c3O)CCC2)c1. The Bertz CT molecular complexity index is 1670. The average molecular weight is 888 g/mol. The highest BCUT2D eigenvalue weighted by molar-refractivity contribution is 5.44. The number of aliphatic hydroxyl groups excluding tert-OH is 10. The Kier molecular flexibility index (Phi) is 22.1. The van der Waals surface area contributed by atoms with Crippen LogP contribution in [-0.2, 0) is 32.7 Å². The van der Waals surface area contributed by atoms with Gasteiger partial charge < -0.3 is 71.9 Å². The number of aryl methyl sites for hydroxylation is 2. The monoisotopic (exact) mass is 888 g/mol. The molecule has 1 fully saturated rings. The van der Waals surface area contributed by atoms with Crippen molar-refractivity contribution >= 4 is 0 Å². The molecule has 1 aliphatic heterocycles. The third-order valence-corrected chi connectivity index (χ3v) is 11.7. The molecule has 14 N–H and O–H groups in total. The number of phenols is 2. The van der Waals surface area contributed by atoms with Gasteiger partial charge in [0.1, 0.15) is 48.1 Å². The number of hydrogen-bond donors (Lipinski definition) is 14. The van der Waals surface area contributed by atoms with E-state index in [1.54, 1.807) is 0 Å². The van der Waals surface area contributed by atoms with Crippen LogP contribution in [0.15, 0.2) is 54.6 Å². The van der Waals surface area contributed by atoms with Crippen molar-refractivity contribution in [2.45, 2.75) is 115 Å². The molecule has 1 aliphatic rings. The van der Waals surface area contributed by atoms with E-state index in [0.717, 1.165) is 87.3 Å². The molecular formula is C46H73N5O12. The number of benzene rings is 3. The van der Waals surface area contributed by atoms with Crippen LogP contribution in [0, 0.1) is 13.8 Å². The Morgan fingerprint density at radius 2 is 0.810 bits per heavy atom. The summed E-state index contributed by atoms with van der Waals surface area (Å²) in [7, 11) is 0. The van der Waals surface area contributed by atoms with Gasteiger partial charge in [0.15, 0.2) is 0 Å². The van der Waals surface area contributed by atoms with Crippen LogP contribution in [0.25, 0.3) is 0 Å². The van der Waals surface area contributed by atoms with E-state index < -0.39 is 62.0 Å². The first-order valence-corrected chi connectivity index (χ1v) is 22.0. The summed E-state index contributed by atoms with van der Waals surface area (Å²) in [5, 5.41) is 128. The Hall–Kier alpha value is -3.34. The zero-order valence-electron chi connectivity index (χ0n) is 36.8. The predicted octanol–water partition coefficient (Wildman–Crippen LogP) is -1.24. The first-order chi connectivity index (χ1) is 30.1. The van der Waals surface area contributed by atoms with Gasteiger partial charge in [-0.05, 0) is 77.9 Å². The molecule has 0 radical (unpaired) electrons. The maximum Gasteiger partial charge on any atom is 0.124 e. The molecule has 0 saturated carbocycles. The molecule has 0 amide bonds. The third-order valence-electron chi connectivity index (χ3n) is 11.7. The van der Waals surface area contributed by atoms with Crippen LogP contribution in [0.5, 0.6) is 11.5 Å². The summed E-state index contributed by atoms with van der Waals surface area (Å²) in [6.07, 6.45) is -10.2. The van der Waals surface area contributed by atoms with Gasteiger partial charge in [-0.2, -0.15) is 0 Å². The zero-order valence-corrected chi connectivity index (χ0v) is 36.8. The van der Waals surface area contributed by atoms with Crippen molar-refractivity contribution in [2.75, 3.05) is 65.6 Å². The highest BCUT2D eigenvalue weighted by Gasteiger charge is 2.31. The lowest BCUT2D eigenvalue weighted by molar-refractivity contribution is -0.114. The molecule has 1 saturated heterocycles. The Balaban J connectivity index is 1.46. The summed E-state index contributed by atoms with van der Waals surface area (Å²) in [4.78, 5) is 7.17. The molecule has 0 bridgehead atoms. The highest BCUT2D eigenvalue weighted by atomic mass is 16.4.